The van der Waals surface area contributed by atoms with Crippen LogP contribution in [0.2, 0.25) is 0 Å². The third-order valence-corrected chi connectivity index (χ3v) is 7.03. The largest absolute Gasteiger partial charge is 0.326 e. The minimum absolute atomic E-state index is 0.0641. The zero-order valence-electron chi connectivity index (χ0n) is 19.0. The molecule has 2 aliphatic heterocycles. The third-order valence-electron chi connectivity index (χ3n) is 5.88. The molecule has 0 fully saturated rings. The standard InChI is InChI=1S/C27H23FN4O2S/c1-17-10-12-18(13-11-17)22-15-23(19-6-3-2-4-7-19)32(31-22)27-30-26(34)24(35-27)16-25(33)29-21-9-5-8-20(28)14-21/h2-14,23-24H,15-16H2,1H3,(H,29,33)/t23-,24+/m0/s1. The second kappa shape index (κ2) is 9.84. The number of aliphatic imine (C=N–C) groups is 1. The quantitative estimate of drug-likeness (QED) is 0.530. The Balaban J connectivity index is 1.34. The van der Waals surface area contributed by atoms with Crippen molar-refractivity contribution in [1.82, 2.24) is 5.01 Å². The number of aryl methyl sites for hydroxylation is 1. The summed E-state index contributed by atoms with van der Waals surface area (Å²) in [5, 5.41) is 9.13. The van der Waals surface area contributed by atoms with Crippen molar-refractivity contribution in [2.24, 2.45) is 10.1 Å². The number of halogens is 1. The van der Waals surface area contributed by atoms with Crippen LogP contribution in [0.3, 0.4) is 0 Å². The summed E-state index contributed by atoms with van der Waals surface area (Å²) in [6.45, 7) is 2.04. The fourth-order valence-corrected chi connectivity index (χ4v) is 5.15. The molecule has 0 saturated carbocycles. The number of thioether (sulfide) groups is 1. The van der Waals surface area contributed by atoms with Crippen LogP contribution in [0.4, 0.5) is 10.1 Å². The van der Waals surface area contributed by atoms with Gasteiger partial charge in [-0.2, -0.15) is 10.1 Å². The number of benzene rings is 3. The molecule has 0 unspecified atom stereocenters. The van der Waals surface area contributed by atoms with Gasteiger partial charge in [0.2, 0.25) is 5.91 Å². The van der Waals surface area contributed by atoms with Crippen LogP contribution in [-0.4, -0.2) is 33.0 Å². The Kier molecular flexibility index (Phi) is 6.46. The summed E-state index contributed by atoms with van der Waals surface area (Å²) >= 11 is 1.24. The van der Waals surface area contributed by atoms with Gasteiger partial charge in [-0.25, -0.2) is 9.40 Å². The molecule has 2 aliphatic rings. The van der Waals surface area contributed by atoms with Crippen molar-refractivity contribution in [3.8, 4) is 0 Å². The number of hydrogen-bond acceptors (Lipinski definition) is 5. The van der Waals surface area contributed by atoms with Gasteiger partial charge in [0.15, 0.2) is 5.17 Å². The highest BCUT2D eigenvalue weighted by Gasteiger charge is 2.39. The summed E-state index contributed by atoms with van der Waals surface area (Å²) in [6, 6.07) is 23.7. The highest BCUT2D eigenvalue weighted by Crippen LogP contribution is 2.38. The lowest BCUT2D eigenvalue weighted by Crippen LogP contribution is -2.25. The number of hydrogen-bond donors (Lipinski definition) is 1. The van der Waals surface area contributed by atoms with E-state index in [1.54, 1.807) is 11.1 Å². The van der Waals surface area contributed by atoms with Crippen molar-refractivity contribution >= 4 is 40.1 Å². The first-order valence-corrected chi connectivity index (χ1v) is 12.2. The second-order valence-corrected chi connectivity index (χ2v) is 9.66. The van der Waals surface area contributed by atoms with Gasteiger partial charge in [-0.15, -0.1) is 0 Å². The Labute approximate surface area is 207 Å². The highest BCUT2D eigenvalue weighted by atomic mass is 32.2. The Morgan fingerprint density at radius 2 is 1.86 bits per heavy atom. The van der Waals surface area contributed by atoms with Crippen molar-refractivity contribution < 1.29 is 14.0 Å². The fraction of sp³-hybridized carbons (Fsp3) is 0.185. The lowest BCUT2D eigenvalue weighted by atomic mass is 9.98. The summed E-state index contributed by atoms with van der Waals surface area (Å²) in [4.78, 5) is 29.5. The zero-order valence-corrected chi connectivity index (χ0v) is 19.8. The summed E-state index contributed by atoms with van der Waals surface area (Å²) in [5.41, 5.74) is 4.54. The summed E-state index contributed by atoms with van der Waals surface area (Å²) in [5.74, 6) is -1.18. The number of carbonyl (C=O) groups is 2. The molecule has 3 aromatic rings. The maximum Gasteiger partial charge on any atom is 0.262 e. The van der Waals surface area contributed by atoms with Crippen LogP contribution in [0.1, 0.15) is 35.6 Å². The predicted octanol–water partition coefficient (Wildman–Crippen LogP) is 5.31. The van der Waals surface area contributed by atoms with Crippen LogP contribution in [0.25, 0.3) is 0 Å². The molecule has 176 valence electrons. The van der Waals surface area contributed by atoms with E-state index >= 15 is 0 Å². The number of nitrogens with zero attached hydrogens (tertiary/aromatic N) is 3. The molecule has 5 rings (SSSR count). The van der Waals surface area contributed by atoms with Crippen LogP contribution in [-0.2, 0) is 9.59 Å². The smallest absolute Gasteiger partial charge is 0.262 e. The molecule has 0 saturated heterocycles. The molecule has 35 heavy (non-hydrogen) atoms. The molecule has 2 amide bonds. The molecule has 6 nitrogen and oxygen atoms in total. The first kappa shape index (κ1) is 23.0. The number of amides is 2. The van der Waals surface area contributed by atoms with Crippen molar-refractivity contribution in [3.63, 3.8) is 0 Å². The molecule has 0 aromatic heterocycles. The molecule has 0 bridgehead atoms. The molecule has 0 spiro atoms. The number of anilines is 1. The molecule has 2 heterocycles. The van der Waals surface area contributed by atoms with Crippen LogP contribution >= 0.6 is 11.8 Å². The Morgan fingerprint density at radius 1 is 1.09 bits per heavy atom. The van der Waals surface area contributed by atoms with Gasteiger partial charge in [0, 0.05) is 18.5 Å². The van der Waals surface area contributed by atoms with Crippen molar-refractivity contribution in [1.29, 1.82) is 0 Å². The third kappa shape index (κ3) is 5.17. The van der Waals surface area contributed by atoms with Gasteiger partial charge in [-0.3, -0.25) is 9.59 Å². The van der Waals surface area contributed by atoms with Gasteiger partial charge >= 0.3 is 0 Å². The number of rotatable bonds is 5. The van der Waals surface area contributed by atoms with Crippen LogP contribution < -0.4 is 5.32 Å². The number of amidine groups is 1. The Morgan fingerprint density at radius 3 is 2.60 bits per heavy atom. The Bertz CT molecular complexity index is 1320. The first-order chi connectivity index (χ1) is 17.0. The lowest BCUT2D eigenvalue weighted by molar-refractivity contribution is -0.121. The predicted molar refractivity (Wildman–Crippen MR) is 137 cm³/mol. The van der Waals surface area contributed by atoms with Gasteiger partial charge in [-0.05, 0) is 36.2 Å². The van der Waals surface area contributed by atoms with E-state index in [0.29, 0.717) is 17.3 Å². The van der Waals surface area contributed by atoms with Crippen molar-refractivity contribution in [2.75, 3.05) is 5.32 Å². The van der Waals surface area contributed by atoms with Crippen LogP contribution in [0.5, 0.6) is 0 Å². The normalized spacial score (nSPS) is 19.5. The van der Waals surface area contributed by atoms with E-state index in [2.05, 4.69) is 22.4 Å². The van der Waals surface area contributed by atoms with Crippen LogP contribution in [0.15, 0.2) is 89.0 Å². The lowest BCUT2D eigenvalue weighted by Gasteiger charge is -2.23. The molecule has 0 aliphatic carbocycles. The van der Waals surface area contributed by atoms with Gasteiger partial charge in [0.1, 0.15) is 11.1 Å². The minimum Gasteiger partial charge on any atom is -0.326 e. The van der Waals surface area contributed by atoms with Gasteiger partial charge in [0.05, 0.1) is 11.8 Å². The Hall–Kier alpha value is -3.78. The van der Waals surface area contributed by atoms with Crippen molar-refractivity contribution in [3.05, 3.63) is 101 Å². The zero-order chi connectivity index (χ0) is 24.4. The second-order valence-electron chi connectivity index (χ2n) is 8.49. The number of nitrogens with one attached hydrogen (secondary N) is 1. The fourth-order valence-electron chi connectivity index (χ4n) is 4.09. The summed E-state index contributed by atoms with van der Waals surface area (Å²) < 4.78 is 13.4. The maximum absolute atomic E-state index is 13.4. The van der Waals surface area contributed by atoms with E-state index in [4.69, 9.17) is 5.10 Å². The average Bonchev–Trinajstić information content (AvgIpc) is 3.44. The molecule has 8 heteroatoms. The van der Waals surface area contributed by atoms with E-state index in [9.17, 15) is 14.0 Å². The molecule has 0 radical (unpaired) electrons. The van der Waals surface area contributed by atoms with E-state index in [-0.39, 0.29) is 24.3 Å². The highest BCUT2D eigenvalue weighted by molar-refractivity contribution is 8.15. The van der Waals surface area contributed by atoms with E-state index in [1.807, 2.05) is 49.4 Å². The maximum atomic E-state index is 13.4. The average molecular weight is 487 g/mol. The van der Waals surface area contributed by atoms with Gasteiger partial charge < -0.3 is 5.32 Å². The van der Waals surface area contributed by atoms with Crippen molar-refractivity contribution in [2.45, 2.75) is 31.1 Å². The molecule has 3 aromatic carbocycles. The van der Waals surface area contributed by atoms with Gasteiger partial charge in [0.25, 0.3) is 5.91 Å². The monoisotopic (exact) mass is 486 g/mol. The molecule has 1 N–H and O–H groups in total. The molecular formula is C27H23FN4O2S. The van der Waals surface area contributed by atoms with E-state index < -0.39 is 11.1 Å². The summed E-state index contributed by atoms with van der Waals surface area (Å²) in [6.07, 6.45) is 0.608. The van der Waals surface area contributed by atoms with E-state index in [1.165, 1.54) is 35.5 Å². The van der Waals surface area contributed by atoms with Crippen LogP contribution in [0, 0.1) is 12.7 Å². The number of carbonyl (C=O) groups excluding carboxylic acids is 2. The molecular weight excluding hydrogens is 463 g/mol. The first-order valence-electron chi connectivity index (χ1n) is 11.3. The minimum atomic E-state index is -0.659. The summed E-state index contributed by atoms with van der Waals surface area (Å²) in [7, 11) is 0. The molecule has 2 atom stereocenters. The SMILES string of the molecule is Cc1ccc(C2=NN(C3=NC(=O)[C@@H](CC(=O)Nc4cccc(F)c4)S3)[C@H](c3ccccc3)C2)cc1. The van der Waals surface area contributed by atoms with Gasteiger partial charge in [-0.1, -0.05) is 78.0 Å². The number of hydrazone groups is 1. The topological polar surface area (TPSA) is 74.1 Å². The van der Waals surface area contributed by atoms with E-state index in [0.717, 1.165) is 16.8 Å².